The first-order valence-electron chi connectivity index (χ1n) is 19.8. The average molecular weight is 787 g/mol. The number of para-hydroxylation sites is 1. The van der Waals surface area contributed by atoms with E-state index in [-0.39, 0.29) is 68.4 Å². The van der Waals surface area contributed by atoms with Crippen LogP contribution >= 0.6 is 0 Å². The van der Waals surface area contributed by atoms with Crippen LogP contribution in [0.4, 0.5) is 5.69 Å². The summed E-state index contributed by atoms with van der Waals surface area (Å²) in [6, 6.07) is 38.5. The van der Waals surface area contributed by atoms with Crippen molar-refractivity contribution in [2.45, 2.75) is 38.0 Å². The van der Waals surface area contributed by atoms with Gasteiger partial charge in [-0.3, -0.25) is 19.2 Å². The number of carbonyl (C=O) groups excluding carboxylic acids is 4. The first-order valence-corrected chi connectivity index (χ1v) is 19.8. The van der Waals surface area contributed by atoms with Gasteiger partial charge in [0, 0.05) is 61.4 Å². The van der Waals surface area contributed by atoms with Crippen LogP contribution in [0.25, 0.3) is 22.0 Å². The summed E-state index contributed by atoms with van der Waals surface area (Å²) in [5.74, 6) is -0.666. The van der Waals surface area contributed by atoms with Crippen molar-refractivity contribution in [1.82, 2.24) is 24.4 Å². The topological polar surface area (TPSA) is 118 Å². The van der Waals surface area contributed by atoms with Gasteiger partial charge in [-0.1, -0.05) is 97.1 Å². The Hall–Kier alpha value is -6.98. The molecule has 2 saturated heterocycles. The summed E-state index contributed by atoms with van der Waals surface area (Å²) in [4.78, 5) is 59.3. The highest BCUT2D eigenvalue weighted by Gasteiger charge is 2.51. The highest BCUT2D eigenvalue weighted by atomic mass is 16.3. The number of anilines is 1. The van der Waals surface area contributed by atoms with E-state index in [2.05, 4.69) is 28.7 Å². The molecule has 5 aromatic carbocycles. The molecular formula is C48H46N6O5. The number of nitrogens with zero attached hydrogens (tertiary/aromatic N) is 5. The lowest BCUT2D eigenvalue weighted by atomic mass is 9.97. The Balaban J connectivity index is 1.11. The number of aromatic hydroxyl groups is 1. The van der Waals surface area contributed by atoms with Crippen molar-refractivity contribution in [2.24, 2.45) is 7.05 Å². The van der Waals surface area contributed by atoms with Crippen LogP contribution in [-0.2, 0) is 40.8 Å². The van der Waals surface area contributed by atoms with Crippen LogP contribution in [0.5, 0.6) is 5.75 Å². The van der Waals surface area contributed by atoms with Crippen LogP contribution in [0.1, 0.15) is 33.5 Å². The predicted octanol–water partition coefficient (Wildman–Crippen LogP) is 6.79. The van der Waals surface area contributed by atoms with E-state index in [1.807, 2.05) is 92.0 Å². The maximum atomic E-state index is 14.8. The van der Waals surface area contributed by atoms with E-state index in [9.17, 15) is 24.3 Å². The minimum Gasteiger partial charge on any atom is -0.508 e. The normalized spacial score (nSPS) is 16.9. The van der Waals surface area contributed by atoms with Gasteiger partial charge >= 0.3 is 0 Å². The van der Waals surface area contributed by atoms with Crippen LogP contribution in [0.3, 0.4) is 0 Å². The SMILES string of the molecule is C=CCN1CC(=O)N2[C@@H](Cc3ccc(O)cc3)C(=O)N(Cc3cccc4c(-c5ccc(NC(=O)c6ccccc6)cc5)cn(C)c34)C[C@@H]2N1C(=O)CCc1ccccc1. The van der Waals surface area contributed by atoms with Crippen molar-refractivity contribution in [1.29, 1.82) is 0 Å². The standard InChI is InChI=1S/C48H46N6O5/c1-3-27-52-32-45(57)53-42(28-34-17-24-39(55)25-18-34)48(59)51(31-43(53)54(52)44(56)26-19-33-11-6-4-7-12-33)29-37-15-10-16-40-41(30-50(2)46(37)40)35-20-22-38(23-21-35)49-47(58)36-13-8-5-9-14-36/h3-18,20-25,30,42-43,55H,1,19,26-29,31-32H2,2H3,(H,49,58)/t42-,43-/m0/s1. The second-order valence-corrected chi connectivity index (χ2v) is 15.1. The molecule has 2 fully saturated rings. The third kappa shape index (κ3) is 8.10. The molecule has 0 unspecified atom stereocenters. The lowest BCUT2D eigenvalue weighted by Gasteiger charge is -2.55. The van der Waals surface area contributed by atoms with Crippen molar-refractivity contribution in [3.8, 4) is 16.9 Å². The van der Waals surface area contributed by atoms with Gasteiger partial charge in [-0.2, -0.15) is 0 Å². The van der Waals surface area contributed by atoms with Crippen LogP contribution in [0, 0.1) is 0 Å². The largest absolute Gasteiger partial charge is 0.508 e. The van der Waals surface area contributed by atoms with Crippen molar-refractivity contribution < 1.29 is 24.3 Å². The molecule has 3 heterocycles. The number of nitrogens with one attached hydrogen (secondary N) is 1. The molecule has 0 aliphatic carbocycles. The molecule has 298 valence electrons. The van der Waals surface area contributed by atoms with Crippen LogP contribution in [0.2, 0.25) is 0 Å². The molecule has 11 nitrogen and oxygen atoms in total. The Morgan fingerprint density at radius 1 is 0.847 bits per heavy atom. The number of phenolic OH excluding ortho intramolecular Hbond substituents is 1. The number of benzene rings is 5. The highest BCUT2D eigenvalue weighted by molar-refractivity contribution is 6.04. The van der Waals surface area contributed by atoms with Gasteiger partial charge in [0.05, 0.1) is 18.6 Å². The summed E-state index contributed by atoms with van der Waals surface area (Å²) in [5, 5.41) is 17.4. The fourth-order valence-corrected chi connectivity index (χ4v) is 8.41. The number of piperazine rings is 1. The number of hydrogen-bond donors (Lipinski definition) is 2. The van der Waals surface area contributed by atoms with E-state index in [0.717, 1.165) is 38.7 Å². The van der Waals surface area contributed by atoms with Gasteiger partial charge in [0.25, 0.3) is 5.91 Å². The molecular weight excluding hydrogens is 741 g/mol. The highest BCUT2D eigenvalue weighted by Crippen LogP contribution is 2.35. The molecule has 0 radical (unpaired) electrons. The lowest BCUT2D eigenvalue weighted by Crippen LogP contribution is -2.75. The van der Waals surface area contributed by atoms with E-state index in [4.69, 9.17) is 0 Å². The maximum Gasteiger partial charge on any atom is 0.255 e. The molecule has 1 aromatic heterocycles. The van der Waals surface area contributed by atoms with Crippen molar-refractivity contribution in [3.63, 3.8) is 0 Å². The molecule has 2 aliphatic rings. The molecule has 2 aliphatic heterocycles. The Morgan fingerprint density at radius 3 is 2.27 bits per heavy atom. The number of aryl methyl sites for hydroxylation is 2. The van der Waals surface area contributed by atoms with Crippen LogP contribution < -0.4 is 5.32 Å². The van der Waals surface area contributed by atoms with Gasteiger partial charge in [-0.05, 0) is 65.1 Å². The minimum absolute atomic E-state index is 0.0647. The first-order chi connectivity index (χ1) is 28.7. The molecule has 2 N–H and O–H groups in total. The monoisotopic (exact) mass is 786 g/mol. The van der Waals surface area contributed by atoms with Crippen LogP contribution in [0.15, 0.2) is 146 Å². The third-order valence-corrected chi connectivity index (χ3v) is 11.2. The number of carbonyl (C=O) groups is 4. The van der Waals surface area contributed by atoms with E-state index in [1.165, 1.54) is 0 Å². The Kier molecular flexibility index (Phi) is 11.1. The molecule has 4 amide bonds. The maximum absolute atomic E-state index is 14.8. The summed E-state index contributed by atoms with van der Waals surface area (Å²) in [6.45, 7) is 4.50. The zero-order valence-corrected chi connectivity index (χ0v) is 32.9. The molecule has 0 saturated carbocycles. The number of phenols is 1. The Bertz CT molecular complexity index is 2500. The van der Waals surface area contributed by atoms with Gasteiger partial charge < -0.3 is 24.8 Å². The summed E-state index contributed by atoms with van der Waals surface area (Å²) < 4.78 is 2.06. The summed E-state index contributed by atoms with van der Waals surface area (Å²) in [7, 11) is 1.98. The zero-order chi connectivity index (χ0) is 41.0. The van der Waals surface area contributed by atoms with Gasteiger partial charge in [0.2, 0.25) is 17.7 Å². The predicted molar refractivity (Wildman–Crippen MR) is 228 cm³/mol. The van der Waals surface area contributed by atoms with Gasteiger partial charge in [0.1, 0.15) is 18.0 Å². The summed E-state index contributed by atoms with van der Waals surface area (Å²) in [5.41, 5.74) is 6.92. The quantitative estimate of drug-likeness (QED) is 0.132. The van der Waals surface area contributed by atoms with E-state index < -0.39 is 12.2 Å². The van der Waals surface area contributed by atoms with Gasteiger partial charge in [0.15, 0.2) is 0 Å². The zero-order valence-electron chi connectivity index (χ0n) is 32.9. The fourth-order valence-electron chi connectivity index (χ4n) is 8.41. The molecule has 2 atom stereocenters. The lowest BCUT2D eigenvalue weighted by molar-refractivity contribution is -0.205. The number of fused-ring (bicyclic) bond motifs is 2. The van der Waals surface area contributed by atoms with Crippen molar-refractivity contribution >= 4 is 40.2 Å². The summed E-state index contributed by atoms with van der Waals surface area (Å²) in [6.07, 6.45) is 3.97. The van der Waals surface area contributed by atoms with Crippen molar-refractivity contribution in [3.05, 3.63) is 168 Å². The fraction of sp³-hybridized carbons (Fsp3) is 0.208. The average Bonchev–Trinajstić information content (AvgIpc) is 3.60. The molecule has 59 heavy (non-hydrogen) atoms. The van der Waals surface area contributed by atoms with Gasteiger partial charge in [-0.25, -0.2) is 10.0 Å². The van der Waals surface area contributed by atoms with E-state index in [0.29, 0.717) is 17.7 Å². The molecule has 0 spiro atoms. The smallest absolute Gasteiger partial charge is 0.255 e. The molecule has 0 bridgehead atoms. The second-order valence-electron chi connectivity index (χ2n) is 15.1. The van der Waals surface area contributed by atoms with E-state index in [1.54, 1.807) is 62.3 Å². The van der Waals surface area contributed by atoms with Gasteiger partial charge in [-0.15, -0.1) is 6.58 Å². The number of rotatable bonds is 12. The Morgan fingerprint density at radius 2 is 1.56 bits per heavy atom. The number of aromatic nitrogens is 1. The molecule has 6 aromatic rings. The summed E-state index contributed by atoms with van der Waals surface area (Å²) >= 11 is 0. The third-order valence-electron chi connectivity index (χ3n) is 11.2. The number of amides is 4. The number of hydrazine groups is 1. The number of hydrogen-bond acceptors (Lipinski definition) is 6. The first kappa shape index (κ1) is 38.9. The van der Waals surface area contributed by atoms with E-state index >= 15 is 0 Å². The second kappa shape index (κ2) is 16.9. The Labute approximate surface area is 343 Å². The van der Waals surface area contributed by atoms with Crippen molar-refractivity contribution in [2.75, 3.05) is 25.0 Å². The molecule has 11 heteroatoms. The molecule has 8 rings (SSSR count). The van der Waals surface area contributed by atoms with Crippen LogP contribution in [-0.4, -0.2) is 85.0 Å². The minimum atomic E-state index is -0.884.